The minimum Gasteiger partial charge on any atom is -0.468 e. The number of carbonyl (C=O) groups is 1. The maximum atomic E-state index is 11.9. The van der Waals surface area contributed by atoms with Crippen LogP contribution in [0.25, 0.3) is 0 Å². The highest BCUT2D eigenvalue weighted by atomic mass is 35.5. The van der Waals surface area contributed by atoms with E-state index in [1.165, 1.54) is 17.6 Å². The van der Waals surface area contributed by atoms with Gasteiger partial charge in [-0.2, -0.15) is 0 Å². The lowest BCUT2D eigenvalue weighted by molar-refractivity contribution is -0.127. The lowest BCUT2D eigenvalue weighted by Gasteiger charge is -2.29. The molecular weight excluding hydrogens is 372 g/mol. The van der Waals surface area contributed by atoms with Crippen LogP contribution in [0, 0.1) is 5.92 Å². The molecule has 0 saturated carbocycles. The summed E-state index contributed by atoms with van der Waals surface area (Å²) in [4.78, 5) is 11.9. The van der Waals surface area contributed by atoms with Crippen LogP contribution in [0.2, 0.25) is 0 Å². The van der Waals surface area contributed by atoms with E-state index in [0.29, 0.717) is 6.42 Å². The number of furan rings is 1. The molecule has 28 heavy (non-hydrogen) atoms. The number of hydrogen-bond acceptors (Lipinski definition) is 3. The molecule has 0 saturated heterocycles. The largest absolute Gasteiger partial charge is 0.468 e. The second kappa shape index (κ2) is 10.5. The third-order valence-corrected chi connectivity index (χ3v) is 6.07. The molecule has 0 amide bonds. The van der Waals surface area contributed by atoms with E-state index >= 15 is 0 Å². The van der Waals surface area contributed by atoms with Crippen molar-refractivity contribution >= 4 is 17.4 Å². The molecule has 1 aliphatic carbocycles. The van der Waals surface area contributed by atoms with Crippen LogP contribution in [0.15, 0.2) is 40.5 Å². The number of aryl methyl sites for hydroxylation is 1. The molecular formula is C24H35ClO3. The smallest absolute Gasteiger partial charge is 0.163 e. The number of allylic oxidation sites excluding steroid dienone is 4. The maximum absolute atomic E-state index is 11.9. The maximum Gasteiger partial charge on any atom is 0.163 e. The summed E-state index contributed by atoms with van der Waals surface area (Å²) in [5.74, 6) is 1.23. The van der Waals surface area contributed by atoms with E-state index in [4.69, 9.17) is 16.0 Å². The first-order valence-corrected chi connectivity index (χ1v) is 10.9. The molecule has 0 bridgehead atoms. The van der Waals surface area contributed by atoms with Crippen molar-refractivity contribution in [1.29, 1.82) is 0 Å². The average molecular weight is 407 g/mol. The van der Waals surface area contributed by atoms with Crippen molar-refractivity contribution in [2.75, 3.05) is 0 Å². The van der Waals surface area contributed by atoms with Crippen LogP contribution in [0.5, 0.6) is 0 Å². The van der Waals surface area contributed by atoms with Crippen molar-refractivity contribution in [2.24, 2.45) is 5.92 Å². The second-order valence-corrected chi connectivity index (χ2v) is 9.40. The molecule has 4 heteroatoms. The molecule has 1 aliphatic rings. The van der Waals surface area contributed by atoms with Gasteiger partial charge in [-0.1, -0.05) is 30.7 Å². The fraction of sp³-hybridized carbons (Fsp3) is 0.625. The van der Waals surface area contributed by atoms with Gasteiger partial charge in [0.15, 0.2) is 5.78 Å². The van der Waals surface area contributed by atoms with Crippen molar-refractivity contribution in [2.45, 2.75) is 89.5 Å². The molecule has 4 atom stereocenters. The molecule has 3 unspecified atom stereocenters. The number of Topliss-reactive ketones (excluding diaryl/α,β-unsaturated/α-hetero) is 1. The van der Waals surface area contributed by atoms with E-state index in [-0.39, 0.29) is 17.1 Å². The molecule has 0 aliphatic heterocycles. The Morgan fingerprint density at radius 1 is 1.43 bits per heavy atom. The Morgan fingerprint density at radius 3 is 2.89 bits per heavy atom. The number of alkyl halides is 1. The molecule has 1 aromatic rings. The van der Waals surface area contributed by atoms with Crippen LogP contribution in [-0.2, 0) is 16.6 Å². The first-order valence-electron chi connectivity index (χ1n) is 10.5. The Kier molecular flexibility index (Phi) is 8.57. The molecule has 0 spiro atoms. The third kappa shape index (κ3) is 6.35. The lowest BCUT2D eigenvalue weighted by Crippen LogP contribution is -2.29. The van der Waals surface area contributed by atoms with Crippen molar-refractivity contribution in [1.82, 2.24) is 0 Å². The number of ketones is 1. The van der Waals surface area contributed by atoms with E-state index in [1.54, 1.807) is 6.92 Å². The average Bonchev–Trinajstić information content (AvgIpc) is 3.11. The standard InChI is InChI=1S/C24H35ClO3/c1-17(8-5-9-18(2)16-21(26)22(27)19(3)25)10-6-13-24(4)14-7-11-20-12-15-28-23(20)24/h6,10,12-13,15,18-19,22,27H,5,7-9,11,14,16H2,1-4H3/b13-6+,17-10-/t18?,19?,22?,24-/m1/s1. The number of fused-ring (bicyclic) bond motifs is 1. The van der Waals surface area contributed by atoms with Gasteiger partial charge in [0.1, 0.15) is 11.9 Å². The summed E-state index contributed by atoms with van der Waals surface area (Å²) in [7, 11) is 0. The highest BCUT2D eigenvalue weighted by Crippen LogP contribution is 2.38. The minimum absolute atomic E-state index is 0.0108. The number of halogens is 1. The molecule has 1 aromatic heterocycles. The lowest BCUT2D eigenvalue weighted by atomic mass is 9.75. The summed E-state index contributed by atoms with van der Waals surface area (Å²) in [6, 6.07) is 2.10. The van der Waals surface area contributed by atoms with Gasteiger partial charge < -0.3 is 9.52 Å². The normalized spacial score (nSPS) is 23.4. The van der Waals surface area contributed by atoms with Crippen LogP contribution < -0.4 is 0 Å². The number of rotatable bonds is 10. The first kappa shape index (κ1) is 23.0. The summed E-state index contributed by atoms with van der Waals surface area (Å²) in [6.07, 6.45) is 14.2. The number of aliphatic hydroxyl groups excluding tert-OH is 1. The van der Waals surface area contributed by atoms with Crippen molar-refractivity contribution in [3.05, 3.63) is 47.5 Å². The van der Waals surface area contributed by atoms with Gasteiger partial charge >= 0.3 is 0 Å². The van der Waals surface area contributed by atoms with Gasteiger partial charge in [0, 0.05) is 11.8 Å². The van der Waals surface area contributed by atoms with Crippen LogP contribution in [0.3, 0.4) is 0 Å². The van der Waals surface area contributed by atoms with Crippen LogP contribution in [0.1, 0.15) is 77.5 Å². The SMILES string of the molecule is C/C(=C/C=C/[C@]1(C)CCCc2ccoc21)CCCC(C)CC(=O)C(O)C(C)Cl. The molecule has 0 aromatic carbocycles. The molecule has 2 rings (SSSR count). The molecule has 1 heterocycles. The summed E-state index contributed by atoms with van der Waals surface area (Å²) in [5.41, 5.74) is 2.67. The van der Waals surface area contributed by atoms with Gasteiger partial charge in [-0.15, -0.1) is 11.6 Å². The Balaban J connectivity index is 1.78. The fourth-order valence-electron chi connectivity index (χ4n) is 4.01. The molecule has 3 nitrogen and oxygen atoms in total. The molecule has 0 fully saturated rings. The van der Waals surface area contributed by atoms with Gasteiger partial charge in [0.25, 0.3) is 0 Å². The second-order valence-electron chi connectivity index (χ2n) is 8.71. The van der Waals surface area contributed by atoms with Crippen LogP contribution in [-0.4, -0.2) is 22.4 Å². The third-order valence-electron chi connectivity index (χ3n) is 5.84. The summed E-state index contributed by atoms with van der Waals surface area (Å²) >= 11 is 5.80. The Hall–Kier alpha value is -1.32. The van der Waals surface area contributed by atoms with Crippen molar-refractivity contribution in [3.63, 3.8) is 0 Å². The monoisotopic (exact) mass is 406 g/mol. The molecule has 1 N–H and O–H groups in total. The van der Waals surface area contributed by atoms with Gasteiger partial charge in [-0.25, -0.2) is 0 Å². The Morgan fingerprint density at radius 2 is 2.18 bits per heavy atom. The van der Waals surface area contributed by atoms with Gasteiger partial charge in [0.2, 0.25) is 0 Å². The zero-order valence-corrected chi connectivity index (χ0v) is 18.5. The summed E-state index contributed by atoms with van der Waals surface area (Å²) in [5, 5.41) is 9.20. The highest BCUT2D eigenvalue weighted by molar-refractivity contribution is 6.22. The van der Waals surface area contributed by atoms with E-state index in [1.807, 2.05) is 6.26 Å². The summed E-state index contributed by atoms with van der Waals surface area (Å²) in [6.45, 7) is 8.12. The zero-order valence-electron chi connectivity index (χ0n) is 17.7. The summed E-state index contributed by atoms with van der Waals surface area (Å²) < 4.78 is 5.76. The minimum atomic E-state index is -1.05. The van der Waals surface area contributed by atoms with Crippen LogP contribution >= 0.6 is 11.6 Å². The molecule has 0 radical (unpaired) electrons. The number of aliphatic hydroxyl groups is 1. The fourth-order valence-corrected chi connectivity index (χ4v) is 4.15. The van der Waals surface area contributed by atoms with E-state index in [9.17, 15) is 9.90 Å². The quantitative estimate of drug-likeness (QED) is 0.375. The van der Waals surface area contributed by atoms with Gasteiger partial charge in [0.05, 0.1) is 11.6 Å². The van der Waals surface area contributed by atoms with E-state index in [2.05, 4.69) is 45.1 Å². The zero-order chi connectivity index (χ0) is 20.7. The van der Waals surface area contributed by atoms with E-state index < -0.39 is 11.5 Å². The molecule has 156 valence electrons. The Labute approximate surface area is 174 Å². The van der Waals surface area contributed by atoms with Crippen molar-refractivity contribution < 1.29 is 14.3 Å². The highest BCUT2D eigenvalue weighted by Gasteiger charge is 2.32. The Bertz CT molecular complexity index is 700. The number of hydrogen-bond donors (Lipinski definition) is 1. The predicted molar refractivity (Wildman–Crippen MR) is 116 cm³/mol. The number of carbonyl (C=O) groups excluding carboxylic acids is 1. The van der Waals surface area contributed by atoms with Gasteiger partial charge in [-0.3, -0.25) is 4.79 Å². The topological polar surface area (TPSA) is 50.4 Å². The first-order chi connectivity index (χ1) is 13.2. The van der Waals surface area contributed by atoms with Gasteiger partial charge in [-0.05, 0) is 76.8 Å². The van der Waals surface area contributed by atoms with E-state index in [0.717, 1.165) is 37.9 Å². The predicted octanol–water partition coefficient (Wildman–Crippen LogP) is 6.13. The van der Waals surface area contributed by atoms with Crippen molar-refractivity contribution in [3.8, 4) is 0 Å². The van der Waals surface area contributed by atoms with Crippen LogP contribution in [0.4, 0.5) is 0 Å².